The van der Waals surface area contributed by atoms with Crippen LogP contribution >= 0.6 is 11.6 Å². The van der Waals surface area contributed by atoms with Crippen LogP contribution in [0.2, 0.25) is 5.02 Å². The van der Waals surface area contributed by atoms with E-state index < -0.39 is 27.8 Å². The Bertz CT molecular complexity index is 979. The van der Waals surface area contributed by atoms with Gasteiger partial charge in [-0.2, -0.15) is 4.72 Å². The lowest BCUT2D eigenvalue weighted by Crippen LogP contribution is -2.41. The predicted octanol–water partition coefficient (Wildman–Crippen LogP) is 2.62. The molecule has 29 heavy (non-hydrogen) atoms. The van der Waals surface area contributed by atoms with Crippen molar-refractivity contribution in [2.45, 2.75) is 17.9 Å². The topological polar surface area (TPSA) is 87.7 Å². The smallest absolute Gasteiger partial charge is 0.242 e. The molecule has 0 radical (unpaired) electrons. The molecule has 0 bridgehead atoms. The van der Waals surface area contributed by atoms with Gasteiger partial charge in [0.1, 0.15) is 5.82 Å². The van der Waals surface area contributed by atoms with Gasteiger partial charge in [0, 0.05) is 23.8 Å². The molecule has 1 saturated heterocycles. The maximum atomic E-state index is 14.5. The van der Waals surface area contributed by atoms with Crippen molar-refractivity contribution in [2.24, 2.45) is 0 Å². The fraction of sp³-hybridized carbons (Fsp3) is 0.316. The Labute approximate surface area is 173 Å². The monoisotopic (exact) mass is 441 g/mol. The van der Waals surface area contributed by atoms with Crippen LogP contribution in [-0.2, 0) is 19.6 Å². The van der Waals surface area contributed by atoms with Crippen LogP contribution in [0.3, 0.4) is 0 Å². The van der Waals surface area contributed by atoms with Crippen LogP contribution < -0.4 is 14.9 Å². The van der Waals surface area contributed by atoms with Crippen molar-refractivity contribution in [3.8, 4) is 0 Å². The van der Waals surface area contributed by atoms with Gasteiger partial charge >= 0.3 is 0 Å². The molecule has 10 heteroatoms. The van der Waals surface area contributed by atoms with E-state index in [4.69, 9.17) is 16.3 Å². The summed E-state index contributed by atoms with van der Waals surface area (Å²) in [6.45, 7) is 3.64. The number of nitrogens with zero attached hydrogens (tertiary/aromatic N) is 1. The van der Waals surface area contributed by atoms with Crippen LogP contribution in [0.1, 0.15) is 6.92 Å². The largest absolute Gasteiger partial charge is 0.378 e. The SMILES string of the molecule is C[C@H](NS(=O)(=O)c1ccc(Cl)cc1)C(=O)Nc1ccc(N2CCOCC2)c(F)c1. The van der Waals surface area contributed by atoms with E-state index in [0.29, 0.717) is 37.0 Å². The van der Waals surface area contributed by atoms with Gasteiger partial charge in [0.2, 0.25) is 15.9 Å². The van der Waals surface area contributed by atoms with E-state index in [2.05, 4.69) is 10.0 Å². The fourth-order valence-electron chi connectivity index (χ4n) is 2.86. The molecule has 1 fully saturated rings. The van der Waals surface area contributed by atoms with E-state index in [0.717, 1.165) is 0 Å². The average Bonchev–Trinajstić information content (AvgIpc) is 2.68. The summed E-state index contributed by atoms with van der Waals surface area (Å²) in [7, 11) is -3.91. The number of nitrogens with one attached hydrogen (secondary N) is 2. The molecule has 1 amide bonds. The lowest BCUT2D eigenvalue weighted by Gasteiger charge is -2.29. The van der Waals surface area contributed by atoms with Crippen molar-refractivity contribution < 1.29 is 22.3 Å². The molecule has 1 aliphatic heterocycles. The zero-order valence-corrected chi connectivity index (χ0v) is 17.3. The van der Waals surface area contributed by atoms with Crippen LogP contribution in [0.5, 0.6) is 0 Å². The van der Waals surface area contributed by atoms with Crippen molar-refractivity contribution >= 4 is 38.9 Å². The van der Waals surface area contributed by atoms with Crippen LogP contribution in [0.15, 0.2) is 47.4 Å². The van der Waals surface area contributed by atoms with Gasteiger partial charge in [0.25, 0.3) is 0 Å². The summed E-state index contributed by atoms with van der Waals surface area (Å²) in [6.07, 6.45) is 0. The summed E-state index contributed by atoms with van der Waals surface area (Å²) in [5.74, 6) is -1.08. The number of ether oxygens (including phenoxy) is 1. The molecule has 2 aromatic carbocycles. The van der Waals surface area contributed by atoms with Crippen LogP contribution in [0.25, 0.3) is 0 Å². The molecular weight excluding hydrogens is 421 g/mol. The Morgan fingerprint density at radius 3 is 2.45 bits per heavy atom. The number of hydrogen-bond donors (Lipinski definition) is 2. The molecule has 2 aromatic rings. The predicted molar refractivity (Wildman–Crippen MR) is 109 cm³/mol. The molecule has 1 atom stereocenters. The number of halogens is 2. The summed E-state index contributed by atoms with van der Waals surface area (Å²) in [5, 5.41) is 2.93. The third kappa shape index (κ3) is 5.45. The number of amides is 1. The first-order valence-corrected chi connectivity index (χ1v) is 10.8. The number of morpholine rings is 1. The standard InChI is InChI=1S/C19H21ClFN3O4S/c1-13(23-29(26,27)16-5-2-14(20)3-6-16)19(25)22-15-4-7-18(17(21)12-15)24-8-10-28-11-9-24/h2-7,12-13,23H,8-11H2,1H3,(H,22,25)/t13-/m0/s1. The molecule has 3 rings (SSSR count). The molecule has 0 aliphatic carbocycles. The van der Waals surface area contributed by atoms with E-state index >= 15 is 0 Å². The Morgan fingerprint density at radius 1 is 1.17 bits per heavy atom. The Kier molecular flexibility index (Phi) is 6.74. The first-order valence-electron chi connectivity index (χ1n) is 8.97. The average molecular weight is 442 g/mol. The number of benzene rings is 2. The van der Waals surface area contributed by atoms with Gasteiger partial charge in [-0.05, 0) is 49.4 Å². The Morgan fingerprint density at radius 2 is 1.83 bits per heavy atom. The van der Waals surface area contributed by atoms with Crippen molar-refractivity contribution in [1.29, 1.82) is 0 Å². The number of rotatable bonds is 6. The van der Waals surface area contributed by atoms with Crippen molar-refractivity contribution in [1.82, 2.24) is 4.72 Å². The highest BCUT2D eigenvalue weighted by Gasteiger charge is 2.23. The molecule has 1 aliphatic rings. The van der Waals surface area contributed by atoms with Crippen LogP contribution in [0, 0.1) is 5.82 Å². The van der Waals surface area contributed by atoms with Gasteiger partial charge in [-0.3, -0.25) is 4.79 Å². The number of anilines is 2. The fourth-order valence-corrected chi connectivity index (χ4v) is 4.19. The van der Waals surface area contributed by atoms with E-state index in [1.54, 1.807) is 12.1 Å². The number of hydrogen-bond acceptors (Lipinski definition) is 5. The van der Waals surface area contributed by atoms with Gasteiger partial charge in [0.05, 0.1) is 29.8 Å². The van der Waals surface area contributed by atoms with E-state index in [1.165, 1.54) is 37.3 Å². The summed E-state index contributed by atoms with van der Waals surface area (Å²) in [5.41, 5.74) is 0.671. The van der Waals surface area contributed by atoms with E-state index in [9.17, 15) is 17.6 Å². The second kappa shape index (κ2) is 9.08. The summed E-state index contributed by atoms with van der Waals surface area (Å²) >= 11 is 5.76. The lowest BCUT2D eigenvalue weighted by atomic mass is 10.2. The Balaban J connectivity index is 1.64. The van der Waals surface area contributed by atoms with E-state index in [-0.39, 0.29) is 10.6 Å². The third-order valence-corrected chi connectivity index (χ3v) is 6.22. The molecular formula is C19H21ClFN3O4S. The van der Waals surface area contributed by atoms with Gasteiger partial charge < -0.3 is 15.0 Å². The second-order valence-electron chi connectivity index (χ2n) is 6.55. The molecule has 2 N–H and O–H groups in total. The number of carbonyl (C=O) groups excluding carboxylic acids is 1. The molecule has 0 unspecified atom stereocenters. The highest BCUT2D eigenvalue weighted by molar-refractivity contribution is 7.89. The quantitative estimate of drug-likeness (QED) is 0.719. The molecule has 0 spiro atoms. The van der Waals surface area contributed by atoms with Crippen LogP contribution in [0.4, 0.5) is 15.8 Å². The first-order chi connectivity index (χ1) is 13.8. The van der Waals surface area contributed by atoms with Crippen molar-refractivity contribution in [3.63, 3.8) is 0 Å². The third-order valence-electron chi connectivity index (χ3n) is 4.42. The van der Waals surface area contributed by atoms with Crippen molar-refractivity contribution in [3.05, 3.63) is 53.3 Å². The summed E-state index contributed by atoms with van der Waals surface area (Å²) < 4.78 is 46.8. The van der Waals surface area contributed by atoms with Crippen LogP contribution in [-0.4, -0.2) is 46.7 Å². The normalized spacial score (nSPS) is 15.8. The molecule has 0 aromatic heterocycles. The molecule has 7 nitrogen and oxygen atoms in total. The lowest BCUT2D eigenvalue weighted by molar-refractivity contribution is -0.117. The molecule has 0 saturated carbocycles. The maximum Gasteiger partial charge on any atom is 0.242 e. The summed E-state index contributed by atoms with van der Waals surface area (Å²) in [4.78, 5) is 14.2. The minimum absolute atomic E-state index is 0.0116. The van der Waals surface area contributed by atoms with E-state index in [1.807, 2.05) is 4.90 Å². The van der Waals surface area contributed by atoms with Crippen molar-refractivity contribution in [2.75, 3.05) is 36.5 Å². The maximum absolute atomic E-state index is 14.5. The minimum Gasteiger partial charge on any atom is -0.378 e. The zero-order chi connectivity index (χ0) is 21.0. The first kappa shape index (κ1) is 21.5. The molecule has 156 valence electrons. The highest BCUT2D eigenvalue weighted by atomic mass is 35.5. The number of sulfonamides is 1. The van der Waals surface area contributed by atoms with Gasteiger partial charge in [0.15, 0.2) is 0 Å². The number of carbonyl (C=O) groups is 1. The Hall–Kier alpha value is -2.20. The summed E-state index contributed by atoms with van der Waals surface area (Å²) in [6, 6.07) is 8.87. The minimum atomic E-state index is -3.91. The molecule has 1 heterocycles. The highest BCUT2D eigenvalue weighted by Crippen LogP contribution is 2.24. The van der Waals surface area contributed by atoms with Gasteiger partial charge in [-0.25, -0.2) is 12.8 Å². The second-order valence-corrected chi connectivity index (χ2v) is 8.70. The van der Waals surface area contributed by atoms with Gasteiger partial charge in [-0.1, -0.05) is 11.6 Å². The zero-order valence-electron chi connectivity index (χ0n) is 15.7. The van der Waals surface area contributed by atoms with Gasteiger partial charge in [-0.15, -0.1) is 0 Å².